The number of halogens is 3. The van der Waals surface area contributed by atoms with Crippen molar-refractivity contribution in [2.45, 2.75) is 12.8 Å². The third-order valence-electron chi connectivity index (χ3n) is 6.17. The summed E-state index contributed by atoms with van der Waals surface area (Å²) in [7, 11) is 3.42. The molecule has 1 aromatic carbocycles. The second-order valence-electron chi connectivity index (χ2n) is 8.81. The second kappa shape index (κ2) is 10.4. The van der Waals surface area contributed by atoms with Crippen LogP contribution in [0, 0.1) is 5.82 Å². The van der Waals surface area contributed by atoms with Crippen molar-refractivity contribution in [3.8, 4) is 0 Å². The Morgan fingerprint density at radius 3 is 2.63 bits per heavy atom. The number of carbonyl (C=O) groups excluding carboxylic acids is 2. The Balaban J connectivity index is 1.54. The molecule has 1 saturated heterocycles. The fourth-order valence-corrected chi connectivity index (χ4v) is 4.65. The van der Waals surface area contributed by atoms with Crippen LogP contribution in [0.25, 0.3) is 5.52 Å². The normalized spacial score (nSPS) is 14.8. The van der Waals surface area contributed by atoms with E-state index >= 15 is 0 Å². The molecular formula is C24H26Cl2FN5O3. The molecule has 0 unspecified atom stereocenters. The molecule has 1 aliphatic heterocycles. The molecule has 35 heavy (non-hydrogen) atoms. The number of H-pyrrole nitrogens is 1. The molecule has 1 N–H and O–H groups in total. The number of nitrogens with zero attached hydrogens (tertiary/aromatic N) is 4. The van der Waals surface area contributed by atoms with Crippen LogP contribution in [0.15, 0.2) is 35.3 Å². The fourth-order valence-electron chi connectivity index (χ4n) is 4.21. The Hall–Kier alpha value is -2.88. The zero-order chi connectivity index (χ0) is 25.3. The maximum Gasteiger partial charge on any atom is 0.272 e. The van der Waals surface area contributed by atoms with Gasteiger partial charge in [0.05, 0.1) is 17.1 Å². The quantitative estimate of drug-likeness (QED) is 0.559. The van der Waals surface area contributed by atoms with Gasteiger partial charge in [-0.25, -0.2) is 4.39 Å². The summed E-state index contributed by atoms with van der Waals surface area (Å²) in [4.78, 5) is 45.2. The Labute approximate surface area is 211 Å². The van der Waals surface area contributed by atoms with Crippen molar-refractivity contribution in [1.29, 1.82) is 0 Å². The Kier molecular flexibility index (Phi) is 7.49. The first-order chi connectivity index (χ1) is 16.7. The molecule has 0 atom stereocenters. The number of aromatic amines is 1. The highest BCUT2D eigenvalue weighted by atomic mass is 35.5. The topological polar surface area (TPSA) is 81.1 Å². The minimum Gasteiger partial charge on any atom is -0.348 e. The van der Waals surface area contributed by atoms with E-state index in [1.807, 2.05) is 4.90 Å². The number of hydrogen-bond acceptors (Lipinski definition) is 4. The number of benzene rings is 1. The van der Waals surface area contributed by atoms with Crippen LogP contribution >= 0.6 is 23.2 Å². The van der Waals surface area contributed by atoms with E-state index in [1.54, 1.807) is 34.4 Å². The van der Waals surface area contributed by atoms with Crippen LogP contribution in [-0.2, 0) is 11.2 Å². The van der Waals surface area contributed by atoms with Gasteiger partial charge in [-0.15, -0.1) is 0 Å². The van der Waals surface area contributed by atoms with Crippen LogP contribution in [0.4, 0.5) is 4.39 Å². The van der Waals surface area contributed by atoms with Gasteiger partial charge in [0.25, 0.3) is 11.5 Å². The number of fused-ring (bicyclic) bond motifs is 1. The minimum atomic E-state index is -0.601. The second-order valence-corrected chi connectivity index (χ2v) is 9.58. The van der Waals surface area contributed by atoms with Crippen molar-refractivity contribution >= 4 is 40.5 Å². The predicted octanol–water partition coefficient (Wildman–Crippen LogP) is 2.90. The predicted molar refractivity (Wildman–Crippen MR) is 133 cm³/mol. The maximum absolute atomic E-state index is 14.7. The van der Waals surface area contributed by atoms with Gasteiger partial charge in [-0.05, 0) is 30.2 Å². The van der Waals surface area contributed by atoms with E-state index in [4.69, 9.17) is 23.2 Å². The molecule has 0 radical (unpaired) electrons. The first-order valence-electron chi connectivity index (χ1n) is 11.2. The van der Waals surface area contributed by atoms with Crippen LogP contribution in [0.2, 0.25) is 10.2 Å². The van der Waals surface area contributed by atoms with Gasteiger partial charge in [-0.1, -0.05) is 29.3 Å². The summed E-state index contributed by atoms with van der Waals surface area (Å²) in [5.41, 5.74) is 1.27. The number of amides is 2. The van der Waals surface area contributed by atoms with E-state index in [2.05, 4.69) is 4.98 Å². The van der Waals surface area contributed by atoms with E-state index in [0.717, 1.165) is 0 Å². The lowest BCUT2D eigenvalue weighted by molar-refractivity contribution is -0.129. The molecule has 0 bridgehead atoms. The molecule has 3 aromatic rings. The van der Waals surface area contributed by atoms with Gasteiger partial charge >= 0.3 is 0 Å². The summed E-state index contributed by atoms with van der Waals surface area (Å²) in [6.07, 6.45) is 2.51. The molecule has 2 aromatic heterocycles. The van der Waals surface area contributed by atoms with Gasteiger partial charge in [-0.3, -0.25) is 23.7 Å². The van der Waals surface area contributed by atoms with Gasteiger partial charge in [0, 0.05) is 58.6 Å². The fraction of sp³-hybridized carbons (Fsp3) is 0.375. The van der Waals surface area contributed by atoms with Crippen molar-refractivity contribution < 1.29 is 14.0 Å². The zero-order valence-corrected chi connectivity index (χ0v) is 21.0. The summed E-state index contributed by atoms with van der Waals surface area (Å²) in [6, 6.07) is 5.89. The largest absolute Gasteiger partial charge is 0.348 e. The van der Waals surface area contributed by atoms with Gasteiger partial charge in [0.2, 0.25) is 5.91 Å². The van der Waals surface area contributed by atoms with Crippen LogP contribution in [0.3, 0.4) is 0 Å². The third-order valence-corrected chi connectivity index (χ3v) is 6.92. The van der Waals surface area contributed by atoms with Gasteiger partial charge in [-0.2, -0.15) is 0 Å². The summed E-state index contributed by atoms with van der Waals surface area (Å²) < 4.78 is 16.3. The van der Waals surface area contributed by atoms with Gasteiger partial charge < -0.3 is 14.8 Å². The molecule has 4 rings (SSSR count). The van der Waals surface area contributed by atoms with E-state index in [9.17, 15) is 18.8 Å². The van der Waals surface area contributed by atoms with Crippen LogP contribution in [0.1, 0.15) is 28.0 Å². The monoisotopic (exact) mass is 521 g/mol. The van der Waals surface area contributed by atoms with Crippen molar-refractivity contribution in [1.82, 2.24) is 24.1 Å². The Morgan fingerprint density at radius 2 is 1.89 bits per heavy atom. The highest BCUT2D eigenvalue weighted by molar-refractivity contribution is 6.42. The van der Waals surface area contributed by atoms with E-state index in [-0.39, 0.29) is 27.2 Å². The smallest absolute Gasteiger partial charge is 0.272 e. The van der Waals surface area contributed by atoms with Crippen molar-refractivity contribution in [3.05, 3.63) is 73.6 Å². The first-order valence-corrected chi connectivity index (χ1v) is 12.0. The average molecular weight is 522 g/mol. The number of nitrogens with one attached hydrogen (secondary N) is 1. The van der Waals surface area contributed by atoms with E-state index < -0.39 is 11.7 Å². The number of carbonyl (C=O) groups is 2. The average Bonchev–Trinajstić information content (AvgIpc) is 2.98. The first kappa shape index (κ1) is 25.2. The Bertz CT molecular complexity index is 1340. The minimum absolute atomic E-state index is 0.00368. The molecule has 11 heteroatoms. The van der Waals surface area contributed by atoms with Crippen LogP contribution in [0.5, 0.6) is 0 Å². The number of aromatic nitrogens is 2. The molecule has 8 nitrogen and oxygen atoms in total. The zero-order valence-electron chi connectivity index (χ0n) is 19.5. The third kappa shape index (κ3) is 5.37. The number of likely N-dealkylation sites (N-methyl/N-ethyl adjacent to an activating group) is 1. The van der Waals surface area contributed by atoms with Crippen molar-refractivity contribution in [2.75, 3.05) is 46.8 Å². The standard InChI is InChI=1S/C24H26Cl2FN5O3/c1-29(2)21(33)14-30-6-3-7-31(9-8-30)24(35)17-11-15(4-5-19(17)27)10-16-13-28-23(34)20-12-18(25)22(26)32(16)20/h4-5,11-13H,3,6-10,14H2,1-2H3,(H,28,34). The molecule has 0 saturated carbocycles. The molecule has 1 aliphatic rings. The molecule has 0 spiro atoms. The maximum atomic E-state index is 14.7. The lowest BCUT2D eigenvalue weighted by atomic mass is 10.0. The van der Waals surface area contributed by atoms with Crippen LogP contribution in [-0.4, -0.2) is 82.7 Å². The summed E-state index contributed by atoms with van der Waals surface area (Å²) in [6.45, 7) is 2.40. The lowest BCUT2D eigenvalue weighted by Gasteiger charge is -2.23. The SMILES string of the molecule is CN(C)C(=O)CN1CCCN(C(=O)c2cc(Cc3c[nH]c(=O)c4cc(Cl)c(Cl)n34)ccc2F)CC1. The van der Waals surface area contributed by atoms with Crippen molar-refractivity contribution in [2.24, 2.45) is 0 Å². The van der Waals surface area contributed by atoms with E-state index in [1.165, 1.54) is 24.4 Å². The van der Waals surface area contributed by atoms with Gasteiger partial charge in [0.15, 0.2) is 0 Å². The van der Waals surface area contributed by atoms with Gasteiger partial charge in [0.1, 0.15) is 16.5 Å². The summed E-state index contributed by atoms with van der Waals surface area (Å²) in [5.74, 6) is -0.987. The molecule has 0 aliphatic carbocycles. The molecule has 3 heterocycles. The molecule has 2 amide bonds. The molecular weight excluding hydrogens is 496 g/mol. The highest BCUT2D eigenvalue weighted by Gasteiger charge is 2.24. The lowest BCUT2D eigenvalue weighted by Crippen LogP contribution is -2.39. The Morgan fingerprint density at radius 1 is 1.11 bits per heavy atom. The molecule has 1 fully saturated rings. The number of hydrogen-bond donors (Lipinski definition) is 1. The summed E-state index contributed by atoms with van der Waals surface area (Å²) in [5, 5.41) is 0.463. The molecule has 186 valence electrons. The van der Waals surface area contributed by atoms with Crippen molar-refractivity contribution in [3.63, 3.8) is 0 Å². The highest BCUT2D eigenvalue weighted by Crippen LogP contribution is 2.27. The summed E-state index contributed by atoms with van der Waals surface area (Å²) >= 11 is 12.4. The number of rotatable bonds is 5. The van der Waals surface area contributed by atoms with Crippen LogP contribution < -0.4 is 5.56 Å². The van der Waals surface area contributed by atoms with E-state index in [0.29, 0.717) is 62.3 Å².